The quantitative estimate of drug-likeness (QED) is 0.135. The van der Waals surface area contributed by atoms with E-state index in [4.69, 9.17) is 0 Å². The van der Waals surface area contributed by atoms with E-state index < -0.39 is 0 Å². The molecule has 1 unspecified atom stereocenters. The van der Waals surface area contributed by atoms with Crippen LogP contribution < -0.4 is 9.80 Å². The SMILES string of the molecule is C1=CCC(N(c2ccccc2)c2ccc(-c3ccc(-c4ccc(-c5ccc(N(c6ccc7c(c6)sc6ccccc67)c6cc7ccccc7cc6-c6ccccc6)cc5)cc4)cc3)cc2)C=C1. The first-order chi connectivity index (χ1) is 33.2. The van der Waals surface area contributed by atoms with Crippen LogP contribution in [-0.4, -0.2) is 6.04 Å². The van der Waals surface area contributed by atoms with Crippen molar-refractivity contribution in [3.63, 3.8) is 0 Å². The first-order valence-corrected chi connectivity index (χ1v) is 23.9. The molecule has 318 valence electrons. The first kappa shape index (κ1) is 40.3. The summed E-state index contributed by atoms with van der Waals surface area (Å²) in [5, 5.41) is 5.04. The van der Waals surface area contributed by atoms with Crippen LogP contribution in [0.3, 0.4) is 0 Å². The van der Waals surface area contributed by atoms with Gasteiger partial charge in [-0.05, 0) is 123 Å². The van der Waals surface area contributed by atoms with E-state index in [0.29, 0.717) is 0 Å². The van der Waals surface area contributed by atoms with Gasteiger partial charge in [-0.15, -0.1) is 11.3 Å². The summed E-state index contributed by atoms with van der Waals surface area (Å²) < 4.78 is 2.59. The van der Waals surface area contributed by atoms with Crippen molar-refractivity contribution in [3.8, 4) is 44.5 Å². The zero-order valence-electron chi connectivity index (χ0n) is 36.9. The third-order valence-corrected chi connectivity index (χ3v) is 14.3. The predicted octanol–water partition coefficient (Wildman–Crippen LogP) is 18.4. The van der Waals surface area contributed by atoms with Crippen molar-refractivity contribution < 1.29 is 0 Å². The predicted molar refractivity (Wildman–Crippen MR) is 289 cm³/mol. The number of rotatable bonds is 10. The van der Waals surface area contributed by atoms with E-state index in [0.717, 1.165) is 23.5 Å². The summed E-state index contributed by atoms with van der Waals surface area (Å²) >= 11 is 1.86. The maximum atomic E-state index is 2.44. The molecule has 1 aliphatic carbocycles. The number of thiophene rings is 1. The van der Waals surface area contributed by atoms with Crippen LogP contribution in [0.5, 0.6) is 0 Å². The summed E-state index contributed by atoms with van der Waals surface area (Å²) in [6.45, 7) is 0. The maximum absolute atomic E-state index is 2.44. The van der Waals surface area contributed by atoms with Gasteiger partial charge in [0.15, 0.2) is 0 Å². The van der Waals surface area contributed by atoms with Crippen molar-refractivity contribution in [2.75, 3.05) is 9.80 Å². The van der Waals surface area contributed by atoms with Crippen LogP contribution in [0.15, 0.2) is 261 Å². The first-order valence-electron chi connectivity index (χ1n) is 23.1. The fourth-order valence-electron chi connectivity index (χ4n) is 9.75. The Kier molecular flexibility index (Phi) is 10.6. The number of anilines is 5. The van der Waals surface area contributed by atoms with Gasteiger partial charge in [0.1, 0.15) is 0 Å². The van der Waals surface area contributed by atoms with Gasteiger partial charge in [-0.3, -0.25) is 0 Å². The lowest BCUT2D eigenvalue weighted by molar-refractivity contribution is 0.785. The topological polar surface area (TPSA) is 6.48 Å². The van der Waals surface area contributed by atoms with Crippen molar-refractivity contribution in [2.24, 2.45) is 0 Å². The van der Waals surface area contributed by atoms with Gasteiger partial charge < -0.3 is 9.80 Å². The highest BCUT2D eigenvalue weighted by molar-refractivity contribution is 7.25. The molecule has 0 bridgehead atoms. The average molecular weight is 875 g/mol. The zero-order valence-corrected chi connectivity index (χ0v) is 37.7. The average Bonchev–Trinajstić information content (AvgIpc) is 3.78. The number of hydrogen-bond acceptors (Lipinski definition) is 3. The van der Waals surface area contributed by atoms with Crippen LogP contribution in [0.2, 0.25) is 0 Å². The highest BCUT2D eigenvalue weighted by atomic mass is 32.1. The van der Waals surface area contributed by atoms with E-state index in [1.54, 1.807) is 0 Å². The van der Waals surface area contributed by atoms with Crippen molar-refractivity contribution in [2.45, 2.75) is 12.5 Å². The number of para-hydroxylation sites is 1. The molecular formula is C64H46N2S. The van der Waals surface area contributed by atoms with Crippen molar-refractivity contribution >= 4 is 70.7 Å². The molecule has 67 heavy (non-hydrogen) atoms. The minimum atomic E-state index is 0.280. The second-order valence-electron chi connectivity index (χ2n) is 17.3. The monoisotopic (exact) mass is 874 g/mol. The Hall–Kier alpha value is -8.24. The number of allylic oxidation sites excluding steroid dienone is 2. The van der Waals surface area contributed by atoms with Crippen LogP contribution in [0.1, 0.15) is 6.42 Å². The molecule has 0 spiro atoms. The van der Waals surface area contributed by atoms with E-state index in [1.165, 1.54) is 86.8 Å². The Labute approximate surface area is 396 Å². The van der Waals surface area contributed by atoms with Crippen LogP contribution >= 0.6 is 11.3 Å². The zero-order chi connectivity index (χ0) is 44.5. The number of benzene rings is 10. The second-order valence-corrected chi connectivity index (χ2v) is 18.4. The van der Waals surface area contributed by atoms with E-state index in [9.17, 15) is 0 Å². The largest absolute Gasteiger partial charge is 0.334 e. The van der Waals surface area contributed by atoms with Crippen LogP contribution in [0.25, 0.3) is 75.5 Å². The van der Waals surface area contributed by atoms with Crippen molar-refractivity contribution in [1.82, 2.24) is 0 Å². The molecule has 0 N–H and O–H groups in total. The van der Waals surface area contributed by atoms with Crippen LogP contribution in [-0.2, 0) is 0 Å². The smallest absolute Gasteiger partial charge is 0.0559 e. The summed E-state index contributed by atoms with van der Waals surface area (Å²) in [6, 6.07) is 86.8. The molecule has 1 aliphatic rings. The van der Waals surface area contributed by atoms with Gasteiger partial charge in [0.05, 0.1) is 11.7 Å². The molecule has 1 atom stereocenters. The Bertz CT molecular complexity index is 3570. The second kappa shape index (κ2) is 17.6. The highest BCUT2D eigenvalue weighted by Gasteiger charge is 2.21. The van der Waals surface area contributed by atoms with E-state index in [2.05, 4.69) is 271 Å². The summed E-state index contributed by atoms with van der Waals surface area (Å²) in [6.07, 6.45) is 9.81. The van der Waals surface area contributed by atoms with E-state index in [-0.39, 0.29) is 6.04 Å². The lowest BCUT2D eigenvalue weighted by atomic mass is 9.96. The Morgan fingerprint density at radius 3 is 1.46 bits per heavy atom. The maximum Gasteiger partial charge on any atom is 0.0559 e. The molecule has 0 saturated carbocycles. The summed E-state index contributed by atoms with van der Waals surface area (Å²) in [4.78, 5) is 4.87. The van der Waals surface area contributed by atoms with Gasteiger partial charge in [-0.1, -0.05) is 194 Å². The molecule has 0 radical (unpaired) electrons. The lowest BCUT2D eigenvalue weighted by Gasteiger charge is -2.32. The number of hydrogen-bond donors (Lipinski definition) is 0. The van der Waals surface area contributed by atoms with Crippen molar-refractivity contribution in [1.29, 1.82) is 0 Å². The molecular weight excluding hydrogens is 829 g/mol. The minimum absolute atomic E-state index is 0.280. The molecule has 1 heterocycles. The summed E-state index contributed by atoms with van der Waals surface area (Å²) in [7, 11) is 0. The molecule has 11 aromatic rings. The number of fused-ring (bicyclic) bond motifs is 4. The Morgan fingerprint density at radius 2 is 0.851 bits per heavy atom. The minimum Gasteiger partial charge on any atom is -0.334 e. The van der Waals surface area contributed by atoms with Crippen LogP contribution in [0.4, 0.5) is 28.4 Å². The molecule has 10 aromatic carbocycles. The fourth-order valence-corrected chi connectivity index (χ4v) is 10.9. The third kappa shape index (κ3) is 7.90. The number of nitrogens with zero attached hydrogens (tertiary/aromatic N) is 2. The summed E-state index contributed by atoms with van der Waals surface area (Å²) in [5.41, 5.74) is 15.3. The van der Waals surface area contributed by atoms with Gasteiger partial charge in [0, 0.05) is 48.5 Å². The fraction of sp³-hybridized carbons (Fsp3) is 0.0312. The normalized spacial score (nSPS) is 13.3. The van der Waals surface area contributed by atoms with Gasteiger partial charge in [0.25, 0.3) is 0 Å². The molecule has 2 nitrogen and oxygen atoms in total. The van der Waals surface area contributed by atoms with Crippen LogP contribution in [0, 0.1) is 0 Å². The Morgan fingerprint density at radius 1 is 0.358 bits per heavy atom. The molecule has 3 heteroatoms. The summed E-state index contributed by atoms with van der Waals surface area (Å²) in [5.74, 6) is 0. The molecule has 12 rings (SSSR count). The standard InChI is InChI=1S/C64H46N2S/c1-4-14-51(15-5-1)61-42-52-16-10-11-17-53(52)43-62(61)66(58-40-41-60-59-22-12-13-23-63(59)67-64(60)44-58)57-38-34-50(35-39-57)48-30-26-46(27-31-48)45-24-28-47(29-25-45)49-32-36-56(37-33-49)65(54-18-6-2-7-19-54)55-20-8-3-9-21-55/h1-20,22-44,55H,21H2. The molecule has 0 aliphatic heterocycles. The van der Waals surface area contributed by atoms with Gasteiger partial charge >= 0.3 is 0 Å². The van der Waals surface area contributed by atoms with E-state index >= 15 is 0 Å². The molecule has 1 aromatic heterocycles. The third-order valence-electron chi connectivity index (χ3n) is 13.2. The molecule has 0 saturated heterocycles. The van der Waals surface area contributed by atoms with Gasteiger partial charge in [-0.25, -0.2) is 0 Å². The van der Waals surface area contributed by atoms with Gasteiger partial charge in [0.2, 0.25) is 0 Å². The Balaban J connectivity index is 0.835. The van der Waals surface area contributed by atoms with E-state index in [1.807, 2.05) is 11.3 Å². The highest BCUT2D eigenvalue weighted by Crippen LogP contribution is 2.46. The lowest BCUT2D eigenvalue weighted by Crippen LogP contribution is -2.29. The van der Waals surface area contributed by atoms with Gasteiger partial charge in [-0.2, -0.15) is 0 Å². The molecule has 0 amide bonds. The molecule has 0 fully saturated rings. The van der Waals surface area contributed by atoms with Crippen molar-refractivity contribution in [3.05, 3.63) is 261 Å².